The summed E-state index contributed by atoms with van der Waals surface area (Å²) >= 11 is 4.19. The second-order valence-electron chi connectivity index (χ2n) is 5.74. The van der Waals surface area contributed by atoms with E-state index in [-0.39, 0.29) is 21.1 Å². The largest absolute Gasteiger partial charge is 0.573 e. The van der Waals surface area contributed by atoms with E-state index in [1.807, 2.05) is 0 Å². The number of alkyl halides is 3. The lowest BCUT2D eigenvalue weighted by Gasteiger charge is -2.13. The molecule has 6 nitrogen and oxygen atoms in total. The molecule has 0 aliphatic heterocycles. The maximum absolute atomic E-state index is 12.6. The number of carbonyl (C=O) groups excluding carboxylic acids is 1. The van der Waals surface area contributed by atoms with Gasteiger partial charge in [-0.1, -0.05) is 18.2 Å². The van der Waals surface area contributed by atoms with Crippen LogP contribution in [0, 0.1) is 0 Å². The van der Waals surface area contributed by atoms with Crippen molar-refractivity contribution in [3.05, 3.63) is 70.0 Å². The summed E-state index contributed by atoms with van der Waals surface area (Å²) < 4.78 is 69.1. The van der Waals surface area contributed by atoms with Gasteiger partial charge in [0.1, 0.15) is 9.96 Å². The predicted octanol–water partition coefficient (Wildman–Crippen LogP) is 5.46. The number of hydrogen-bond donors (Lipinski definition) is 2. The van der Waals surface area contributed by atoms with Crippen molar-refractivity contribution in [2.24, 2.45) is 0 Å². The van der Waals surface area contributed by atoms with E-state index in [9.17, 15) is 26.4 Å². The number of anilines is 2. The maximum atomic E-state index is 12.6. The number of nitrogens with one attached hydrogen (secondary N) is 2. The summed E-state index contributed by atoms with van der Waals surface area (Å²) in [6, 6.07) is 13.6. The van der Waals surface area contributed by atoms with Crippen molar-refractivity contribution in [1.29, 1.82) is 0 Å². The van der Waals surface area contributed by atoms with Crippen LogP contribution in [0.4, 0.5) is 24.5 Å². The quantitative estimate of drug-likeness (QED) is 0.451. The minimum absolute atomic E-state index is 0.0150. The van der Waals surface area contributed by atoms with Crippen LogP contribution in [0.25, 0.3) is 0 Å². The van der Waals surface area contributed by atoms with Crippen molar-refractivity contribution < 1.29 is 31.1 Å². The minimum atomic E-state index is -4.87. The summed E-state index contributed by atoms with van der Waals surface area (Å²) in [6.45, 7) is 0. The molecule has 0 radical (unpaired) electrons. The first-order valence-electron chi connectivity index (χ1n) is 8.08. The Hall–Kier alpha value is -2.57. The van der Waals surface area contributed by atoms with Gasteiger partial charge >= 0.3 is 6.36 Å². The number of sulfonamides is 1. The van der Waals surface area contributed by atoms with Crippen LogP contribution >= 0.6 is 27.3 Å². The van der Waals surface area contributed by atoms with Crippen molar-refractivity contribution in [2.75, 3.05) is 10.0 Å². The molecule has 2 aromatic carbocycles. The molecule has 0 unspecified atom stereocenters. The zero-order chi connectivity index (χ0) is 21.9. The SMILES string of the molecule is O=C(Nc1cccc(OC(F)(F)F)c1)c1ccccc1NS(=O)(=O)c1ccc(Br)s1. The fourth-order valence-electron chi connectivity index (χ4n) is 2.38. The summed E-state index contributed by atoms with van der Waals surface area (Å²) in [5.41, 5.74) is 0.0441. The van der Waals surface area contributed by atoms with Gasteiger partial charge in [0.2, 0.25) is 0 Å². The monoisotopic (exact) mass is 520 g/mol. The van der Waals surface area contributed by atoms with Crippen molar-refractivity contribution >= 4 is 54.6 Å². The number of carbonyl (C=O) groups is 1. The molecule has 12 heteroatoms. The standard InChI is InChI=1S/C18H12BrF3N2O4S2/c19-15-8-9-16(29-15)30(26,27)24-14-7-2-1-6-13(14)17(25)23-11-4-3-5-12(10-11)28-18(20,21)22/h1-10,24H,(H,23,25). The molecule has 0 saturated carbocycles. The number of ether oxygens (including phenoxy) is 1. The highest BCUT2D eigenvalue weighted by molar-refractivity contribution is 9.11. The Bertz CT molecular complexity index is 1180. The van der Waals surface area contributed by atoms with E-state index < -0.39 is 28.0 Å². The lowest BCUT2D eigenvalue weighted by Crippen LogP contribution is -2.19. The molecule has 1 amide bonds. The summed E-state index contributed by atoms with van der Waals surface area (Å²) in [4.78, 5) is 12.6. The topological polar surface area (TPSA) is 84.5 Å². The number of hydrogen-bond acceptors (Lipinski definition) is 5. The van der Waals surface area contributed by atoms with Crippen molar-refractivity contribution in [3.8, 4) is 5.75 Å². The predicted molar refractivity (Wildman–Crippen MR) is 110 cm³/mol. The normalized spacial score (nSPS) is 11.7. The van der Waals surface area contributed by atoms with Gasteiger partial charge in [0.25, 0.3) is 15.9 Å². The van der Waals surface area contributed by atoms with Gasteiger partial charge in [0, 0.05) is 11.8 Å². The molecule has 0 aliphatic rings. The summed E-state index contributed by atoms with van der Waals surface area (Å²) in [5.74, 6) is -1.22. The van der Waals surface area contributed by atoms with Crippen LogP contribution in [-0.4, -0.2) is 20.7 Å². The molecular formula is C18H12BrF3N2O4S2. The minimum Gasteiger partial charge on any atom is -0.406 e. The van der Waals surface area contributed by atoms with Crippen LogP contribution < -0.4 is 14.8 Å². The summed E-state index contributed by atoms with van der Waals surface area (Å²) in [5, 5.41) is 2.43. The van der Waals surface area contributed by atoms with Gasteiger partial charge in [-0.15, -0.1) is 24.5 Å². The van der Waals surface area contributed by atoms with E-state index in [1.165, 1.54) is 42.5 Å². The fraction of sp³-hybridized carbons (Fsp3) is 0.0556. The lowest BCUT2D eigenvalue weighted by molar-refractivity contribution is -0.274. The summed E-state index contributed by atoms with van der Waals surface area (Å²) in [6.07, 6.45) is -4.87. The fourth-order valence-corrected chi connectivity index (χ4v) is 5.47. The number of benzene rings is 2. The molecule has 0 saturated heterocycles. The maximum Gasteiger partial charge on any atom is 0.573 e. The highest BCUT2D eigenvalue weighted by Gasteiger charge is 2.31. The van der Waals surface area contributed by atoms with E-state index in [2.05, 4.69) is 30.7 Å². The van der Waals surface area contributed by atoms with E-state index in [1.54, 1.807) is 6.07 Å². The average Bonchev–Trinajstić information content (AvgIpc) is 3.08. The molecular weight excluding hydrogens is 509 g/mol. The zero-order valence-electron chi connectivity index (χ0n) is 14.7. The second-order valence-corrected chi connectivity index (χ2v) is 10.1. The van der Waals surface area contributed by atoms with Gasteiger partial charge in [-0.25, -0.2) is 8.42 Å². The summed E-state index contributed by atoms with van der Waals surface area (Å²) in [7, 11) is -3.93. The number of para-hydroxylation sites is 1. The van der Waals surface area contributed by atoms with E-state index in [4.69, 9.17) is 0 Å². The number of thiophene rings is 1. The molecule has 0 atom stereocenters. The molecule has 1 heterocycles. The molecule has 3 aromatic rings. The molecule has 0 bridgehead atoms. The molecule has 2 N–H and O–H groups in total. The van der Waals surface area contributed by atoms with Crippen molar-refractivity contribution in [3.63, 3.8) is 0 Å². The van der Waals surface area contributed by atoms with Crippen LogP contribution in [0.5, 0.6) is 5.75 Å². The first-order chi connectivity index (χ1) is 14.0. The Morgan fingerprint density at radius 3 is 2.43 bits per heavy atom. The molecule has 3 rings (SSSR count). The first kappa shape index (κ1) is 22.1. The molecule has 158 valence electrons. The van der Waals surface area contributed by atoms with Gasteiger partial charge in [0.05, 0.1) is 15.0 Å². The van der Waals surface area contributed by atoms with Crippen LogP contribution in [0.1, 0.15) is 10.4 Å². The van der Waals surface area contributed by atoms with Gasteiger partial charge in [-0.2, -0.15) is 0 Å². The Balaban J connectivity index is 1.82. The Morgan fingerprint density at radius 2 is 1.77 bits per heavy atom. The van der Waals surface area contributed by atoms with Crippen LogP contribution in [0.15, 0.2) is 68.7 Å². The number of amides is 1. The first-order valence-corrected chi connectivity index (χ1v) is 11.2. The Morgan fingerprint density at radius 1 is 1.03 bits per heavy atom. The molecule has 1 aromatic heterocycles. The van der Waals surface area contributed by atoms with Gasteiger partial charge < -0.3 is 10.1 Å². The molecule has 30 heavy (non-hydrogen) atoms. The van der Waals surface area contributed by atoms with Crippen LogP contribution in [0.3, 0.4) is 0 Å². The van der Waals surface area contributed by atoms with E-state index in [0.717, 1.165) is 23.5 Å². The Kier molecular flexibility index (Phi) is 6.38. The molecule has 0 aliphatic carbocycles. The second kappa shape index (κ2) is 8.66. The third-order valence-corrected chi connectivity index (χ3v) is 7.04. The number of halogens is 4. The van der Waals surface area contributed by atoms with Crippen LogP contribution in [0.2, 0.25) is 0 Å². The van der Waals surface area contributed by atoms with Gasteiger partial charge in [-0.3, -0.25) is 9.52 Å². The van der Waals surface area contributed by atoms with Gasteiger partial charge in [-0.05, 0) is 52.3 Å². The highest BCUT2D eigenvalue weighted by atomic mass is 79.9. The third-order valence-electron chi connectivity index (χ3n) is 3.55. The smallest absolute Gasteiger partial charge is 0.406 e. The zero-order valence-corrected chi connectivity index (χ0v) is 18.0. The Labute approximate surface area is 181 Å². The van der Waals surface area contributed by atoms with E-state index >= 15 is 0 Å². The lowest BCUT2D eigenvalue weighted by atomic mass is 10.1. The van der Waals surface area contributed by atoms with Crippen molar-refractivity contribution in [2.45, 2.75) is 10.6 Å². The molecule has 0 fully saturated rings. The van der Waals surface area contributed by atoms with E-state index in [0.29, 0.717) is 3.79 Å². The average molecular weight is 521 g/mol. The van der Waals surface area contributed by atoms with Crippen LogP contribution in [-0.2, 0) is 10.0 Å². The molecule has 0 spiro atoms. The third kappa shape index (κ3) is 5.74. The highest BCUT2D eigenvalue weighted by Crippen LogP contribution is 2.29. The van der Waals surface area contributed by atoms with Crippen molar-refractivity contribution in [1.82, 2.24) is 0 Å². The van der Waals surface area contributed by atoms with Gasteiger partial charge in [0.15, 0.2) is 0 Å². The number of rotatable bonds is 6.